The summed E-state index contributed by atoms with van der Waals surface area (Å²) in [6.07, 6.45) is 0.413. The van der Waals surface area contributed by atoms with E-state index in [0.29, 0.717) is 17.7 Å². The van der Waals surface area contributed by atoms with Gasteiger partial charge in [-0.1, -0.05) is 13.0 Å². The van der Waals surface area contributed by atoms with Crippen molar-refractivity contribution in [1.82, 2.24) is 5.32 Å². The minimum Gasteiger partial charge on any atom is -0.481 e. The average Bonchev–Trinajstić information content (AvgIpc) is 2.51. The molecular formula is C15H19N3O3. The van der Waals surface area contributed by atoms with E-state index in [2.05, 4.69) is 5.32 Å². The number of nitrogens with one attached hydrogen (secondary N) is 1. The minimum absolute atomic E-state index is 0.0416. The van der Waals surface area contributed by atoms with Gasteiger partial charge < -0.3 is 10.4 Å². The van der Waals surface area contributed by atoms with Crippen LogP contribution in [0, 0.1) is 16.7 Å². The highest BCUT2D eigenvalue weighted by Gasteiger charge is 2.31. The van der Waals surface area contributed by atoms with E-state index in [1.54, 1.807) is 45.2 Å². The topological polar surface area (TPSA) is 93.4 Å². The van der Waals surface area contributed by atoms with Crippen LogP contribution in [0.3, 0.4) is 0 Å². The van der Waals surface area contributed by atoms with E-state index in [1.165, 1.54) is 4.90 Å². The van der Waals surface area contributed by atoms with Crippen LogP contribution >= 0.6 is 0 Å². The molecular weight excluding hydrogens is 270 g/mol. The molecule has 6 nitrogen and oxygen atoms in total. The Kier molecular flexibility index (Phi) is 5.30. The fraction of sp³-hybridized carbons (Fsp3) is 0.400. The number of hydrogen-bond acceptors (Lipinski definition) is 3. The van der Waals surface area contributed by atoms with Crippen LogP contribution < -0.4 is 10.2 Å². The van der Waals surface area contributed by atoms with E-state index in [-0.39, 0.29) is 6.54 Å². The monoisotopic (exact) mass is 289 g/mol. The Morgan fingerprint density at radius 3 is 2.67 bits per heavy atom. The van der Waals surface area contributed by atoms with Crippen molar-refractivity contribution in [2.75, 3.05) is 18.5 Å². The second-order valence-corrected chi connectivity index (χ2v) is 5.10. The highest BCUT2D eigenvalue weighted by atomic mass is 16.4. The van der Waals surface area contributed by atoms with Crippen molar-refractivity contribution in [2.45, 2.75) is 20.3 Å². The summed E-state index contributed by atoms with van der Waals surface area (Å²) in [6, 6.07) is 8.22. The number of carbonyl (C=O) groups is 2. The molecule has 112 valence electrons. The number of urea groups is 1. The molecule has 0 fully saturated rings. The van der Waals surface area contributed by atoms with Gasteiger partial charge in [-0.3, -0.25) is 9.69 Å². The first kappa shape index (κ1) is 16.5. The maximum atomic E-state index is 12.1. The first-order chi connectivity index (χ1) is 9.84. The molecule has 6 heteroatoms. The van der Waals surface area contributed by atoms with Crippen molar-refractivity contribution in [1.29, 1.82) is 5.26 Å². The largest absolute Gasteiger partial charge is 0.481 e. The second kappa shape index (κ2) is 6.75. The van der Waals surface area contributed by atoms with Gasteiger partial charge in [-0.25, -0.2) is 4.79 Å². The molecule has 1 atom stereocenters. The molecule has 0 bridgehead atoms. The summed E-state index contributed by atoms with van der Waals surface area (Å²) >= 11 is 0. The fourth-order valence-electron chi connectivity index (χ4n) is 1.64. The van der Waals surface area contributed by atoms with Gasteiger partial charge in [0.15, 0.2) is 0 Å². The van der Waals surface area contributed by atoms with Gasteiger partial charge in [-0.15, -0.1) is 0 Å². The van der Waals surface area contributed by atoms with Gasteiger partial charge in [0.05, 0.1) is 17.0 Å². The lowest BCUT2D eigenvalue weighted by molar-refractivity contribution is -0.147. The highest BCUT2D eigenvalue weighted by molar-refractivity contribution is 5.92. The Morgan fingerprint density at radius 1 is 1.48 bits per heavy atom. The molecule has 0 aliphatic heterocycles. The van der Waals surface area contributed by atoms with Gasteiger partial charge in [-0.2, -0.15) is 5.26 Å². The van der Waals surface area contributed by atoms with E-state index in [9.17, 15) is 9.59 Å². The maximum Gasteiger partial charge on any atom is 0.321 e. The van der Waals surface area contributed by atoms with E-state index < -0.39 is 17.4 Å². The number of hydrogen-bond donors (Lipinski definition) is 2. The molecule has 0 saturated carbocycles. The molecule has 0 spiro atoms. The smallest absolute Gasteiger partial charge is 0.321 e. The molecule has 0 radical (unpaired) electrons. The number of nitriles is 1. The van der Waals surface area contributed by atoms with E-state index >= 15 is 0 Å². The molecule has 1 aromatic rings. The molecule has 0 aromatic heterocycles. The van der Waals surface area contributed by atoms with Crippen LogP contribution in [0.4, 0.5) is 10.5 Å². The maximum absolute atomic E-state index is 12.1. The summed E-state index contributed by atoms with van der Waals surface area (Å²) in [7, 11) is 1.57. The summed E-state index contributed by atoms with van der Waals surface area (Å²) in [5.41, 5.74) is 0.0292. The summed E-state index contributed by atoms with van der Waals surface area (Å²) in [6.45, 7) is 3.40. The Bertz CT molecular complexity index is 580. The number of benzene rings is 1. The third-order valence-electron chi connectivity index (χ3n) is 3.59. The number of amides is 2. The number of aliphatic carboxylic acids is 1. The van der Waals surface area contributed by atoms with Gasteiger partial charge in [0, 0.05) is 19.3 Å². The standard InChI is InChI=1S/C15H19N3O3/c1-4-15(2,13(19)20)10-17-14(21)18(3)12-7-5-6-11(8-12)9-16/h5-8H,4,10H2,1-3H3,(H,17,21)(H,19,20). The zero-order valence-corrected chi connectivity index (χ0v) is 12.4. The summed E-state index contributed by atoms with van der Waals surface area (Å²) in [4.78, 5) is 24.6. The summed E-state index contributed by atoms with van der Waals surface area (Å²) in [5.74, 6) is -0.945. The van der Waals surface area contributed by atoms with Crippen LogP contribution in [0.15, 0.2) is 24.3 Å². The second-order valence-electron chi connectivity index (χ2n) is 5.10. The van der Waals surface area contributed by atoms with E-state index in [4.69, 9.17) is 10.4 Å². The lowest BCUT2D eigenvalue weighted by atomic mass is 9.88. The lowest BCUT2D eigenvalue weighted by Gasteiger charge is -2.25. The molecule has 1 rings (SSSR count). The number of carboxylic acids is 1. The SMILES string of the molecule is CCC(C)(CNC(=O)N(C)c1cccc(C#N)c1)C(=O)O. The van der Waals surface area contributed by atoms with Crippen molar-refractivity contribution in [3.8, 4) is 6.07 Å². The Labute approximate surface area is 124 Å². The van der Waals surface area contributed by atoms with Crippen molar-refractivity contribution in [3.05, 3.63) is 29.8 Å². The van der Waals surface area contributed by atoms with Crippen LogP contribution in [0.5, 0.6) is 0 Å². The minimum atomic E-state index is -0.995. The highest BCUT2D eigenvalue weighted by Crippen LogP contribution is 2.20. The van der Waals surface area contributed by atoms with Gasteiger partial charge in [-0.05, 0) is 31.5 Å². The molecule has 2 N–H and O–H groups in total. The van der Waals surface area contributed by atoms with Crippen molar-refractivity contribution < 1.29 is 14.7 Å². The zero-order valence-electron chi connectivity index (χ0n) is 12.4. The number of anilines is 1. The van der Waals surface area contributed by atoms with Crippen LogP contribution in [0.1, 0.15) is 25.8 Å². The summed E-state index contributed by atoms with van der Waals surface area (Å²) < 4.78 is 0. The molecule has 0 aliphatic carbocycles. The number of rotatable bonds is 5. The van der Waals surface area contributed by atoms with Crippen LogP contribution in [-0.2, 0) is 4.79 Å². The van der Waals surface area contributed by atoms with Gasteiger partial charge in [0.25, 0.3) is 0 Å². The molecule has 21 heavy (non-hydrogen) atoms. The molecule has 2 amide bonds. The van der Waals surface area contributed by atoms with Crippen LogP contribution in [-0.4, -0.2) is 30.7 Å². The molecule has 0 heterocycles. The zero-order chi connectivity index (χ0) is 16.0. The summed E-state index contributed by atoms with van der Waals surface area (Å²) in [5, 5.41) is 20.6. The van der Waals surface area contributed by atoms with Crippen molar-refractivity contribution in [2.24, 2.45) is 5.41 Å². The molecule has 0 saturated heterocycles. The average molecular weight is 289 g/mol. The quantitative estimate of drug-likeness (QED) is 0.869. The molecule has 1 aromatic carbocycles. The Hall–Kier alpha value is -2.55. The predicted molar refractivity (Wildman–Crippen MR) is 79.0 cm³/mol. The lowest BCUT2D eigenvalue weighted by Crippen LogP contribution is -2.45. The van der Waals surface area contributed by atoms with E-state index in [1.807, 2.05) is 6.07 Å². The number of nitrogens with zero attached hydrogens (tertiary/aromatic N) is 2. The normalized spacial score (nSPS) is 12.9. The molecule has 0 aliphatic rings. The van der Waals surface area contributed by atoms with Crippen molar-refractivity contribution >= 4 is 17.7 Å². The Morgan fingerprint density at radius 2 is 2.14 bits per heavy atom. The van der Waals surface area contributed by atoms with Gasteiger partial charge in [0.2, 0.25) is 0 Å². The van der Waals surface area contributed by atoms with E-state index in [0.717, 1.165) is 0 Å². The number of carboxylic acid groups (broad SMARTS) is 1. The number of carbonyl (C=O) groups excluding carboxylic acids is 1. The predicted octanol–water partition coefficient (Wildman–Crippen LogP) is 2.20. The third kappa shape index (κ3) is 3.96. The van der Waals surface area contributed by atoms with Gasteiger partial charge >= 0.3 is 12.0 Å². The van der Waals surface area contributed by atoms with Crippen molar-refractivity contribution in [3.63, 3.8) is 0 Å². The first-order valence-corrected chi connectivity index (χ1v) is 6.59. The Balaban J connectivity index is 2.75. The molecule has 1 unspecified atom stereocenters. The van der Waals surface area contributed by atoms with Gasteiger partial charge in [0.1, 0.15) is 0 Å². The first-order valence-electron chi connectivity index (χ1n) is 6.59. The van der Waals surface area contributed by atoms with Crippen LogP contribution in [0.25, 0.3) is 0 Å². The third-order valence-corrected chi connectivity index (χ3v) is 3.59. The fourth-order valence-corrected chi connectivity index (χ4v) is 1.64. The van der Waals surface area contributed by atoms with Crippen LogP contribution in [0.2, 0.25) is 0 Å².